The summed E-state index contributed by atoms with van der Waals surface area (Å²) in [6, 6.07) is 5.07. The quantitative estimate of drug-likeness (QED) is 0.872. The Hall–Kier alpha value is -1.03. The fraction of sp³-hybridized carbons (Fsp3) is 0.300. The van der Waals surface area contributed by atoms with Gasteiger partial charge < -0.3 is 10.4 Å². The van der Waals surface area contributed by atoms with Crippen molar-refractivity contribution >= 4 is 27.6 Å². The van der Waals surface area contributed by atoms with Crippen LogP contribution in [0.5, 0.6) is 0 Å². The molecular formula is C10H12BrNO2. The number of benzene rings is 1. The first-order valence-corrected chi connectivity index (χ1v) is 5.20. The highest BCUT2D eigenvalue weighted by Gasteiger charge is 2.05. The van der Waals surface area contributed by atoms with Gasteiger partial charge in [-0.3, -0.25) is 0 Å². The van der Waals surface area contributed by atoms with Crippen molar-refractivity contribution in [1.82, 2.24) is 0 Å². The molecule has 0 saturated heterocycles. The molecule has 0 radical (unpaired) electrons. The summed E-state index contributed by atoms with van der Waals surface area (Å²) in [5, 5.41) is 11.9. The van der Waals surface area contributed by atoms with E-state index in [0.717, 1.165) is 23.1 Å². The molecule has 1 rings (SSSR count). The molecule has 0 aliphatic carbocycles. The van der Waals surface area contributed by atoms with Crippen molar-refractivity contribution in [3.63, 3.8) is 0 Å². The Balaban J connectivity index is 2.89. The molecule has 0 amide bonds. The van der Waals surface area contributed by atoms with Crippen LogP contribution in [0, 0.1) is 0 Å². The first kappa shape index (κ1) is 11.0. The van der Waals surface area contributed by atoms with Crippen LogP contribution in [0.3, 0.4) is 0 Å². The average molecular weight is 258 g/mol. The minimum absolute atomic E-state index is 0.290. The van der Waals surface area contributed by atoms with Gasteiger partial charge in [0.15, 0.2) is 0 Å². The lowest BCUT2D eigenvalue weighted by Gasteiger charge is -2.06. The predicted molar refractivity (Wildman–Crippen MR) is 59.9 cm³/mol. The fourth-order valence-corrected chi connectivity index (χ4v) is 1.58. The summed E-state index contributed by atoms with van der Waals surface area (Å²) in [5.74, 6) is -0.911. The van der Waals surface area contributed by atoms with Crippen LogP contribution < -0.4 is 5.32 Å². The first-order valence-electron chi connectivity index (χ1n) is 4.41. The predicted octanol–water partition coefficient (Wildman–Crippen LogP) is 2.97. The minimum atomic E-state index is -0.911. The van der Waals surface area contributed by atoms with Crippen LogP contribution in [0.4, 0.5) is 5.69 Å². The number of hydrogen-bond acceptors (Lipinski definition) is 2. The normalized spacial score (nSPS) is 9.86. The second kappa shape index (κ2) is 5.00. The smallest absolute Gasteiger partial charge is 0.335 e. The molecule has 0 aliphatic heterocycles. The van der Waals surface area contributed by atoms with E-state index < -0.39 is 5.97 Å². The van der Waals surface area contributed by atoms with Crippen LogP contribution >= 0.6 is 15.9 Å². The maximum absolute atomic E-state index is 10.7. The molecule has 1 aromatic rings. The molecule has 1 aromatic carbocycles. The zero-order valence-electron chi connectivity index (χ0n) is 7.88. The Morgan fingerprint density at radius 3 is 2.79 bits per heavy atom. The summed E-state index contributed by atoms with van der Waals surface area (Å²) in [4.78, 5) is 10.7. The molecule has 2 N–H and O–H groups in total. The van der Waals surface area contributed by atoms with Gasteiger partial charge in [-0.05, 0) is 24.6 Å². The number of hydrogen-bond donors (Lipinski definition) is 2. The summed E-state index contributed by atoms with van der Waals surface area (Å²) in [7, 11) is 0. The second-order valence-corrected chi connectivity index (χ2v) is 3.88. The molecule has 0 atom stereocenters. The van der Waals surface area contributed by atoms with E-state index in [1.165, 1.54) is 0 Å². The van der Waals surface area contributed by atoms with Crippen molar-refractivity contribution in [3.05, 3.63) is 28.2 Å². The Kier molecular flexibility index (Phi) is 3.95. The third-order valence-corrected chi connectivity index (χ3v) is 2.18. The van der Waals surface area contributed by atoms with Gasteiger partial charge in [0, 0.05) is 16.7 Å². The van der Waals surface area contributed by atoms with Gasteiger partial charge in [-0.1, -0.05) is 22.9 Å². The summed E-state index contributed by atoms with van der Waals surface area (Å²) in [5.41, 5.74) is 1.12. The van der Waals surface area contributed by atoms with Gasteiger partial charge in [0.05, 0.1) is 5.56 Å². The molecule has 3 nitrogen and oxygen atoms in total. The zero-order chi connectivity index (χ0) is 10.6. The minimum Gasteiger partial charge on any atom is -0.478 e. The van der Waals surface area contributed by atoms with Gasteiger partial charge in [-0.25, -0.2) is 4.79 Å². The molecular weight excluding hydrogens is 246 g/mol. The molecule has 14 heavy (non-hydrogen) atoms. The van der Waals surface area contributed by atoms with Crippen LogP contribution in [0.25, 0.3) is 0 Å². The summed E-state index contributed by atoms with van der Waals surface area (Å²) >= 11 is 3.27. The van der Waals surface area contributed by atoms with Crippen LogP contribution in [0.2, 0.25) is 0 Å². The van der Waals surface area contributed by atoms with Crippen molar-refractivity contribution in [2.45, 2.75) is 13.3 Å². The number of carboxylic acid groups (broad SMARTS) is 1. The molecule has 0 spiro atoms. The van der Waals surface area contributed by atoms with E-state index in [2.05, 4.69) is 28.2 Å². The van der Waals surface area contributed by atoms with Crippen LogP contribution in [-0.4, -0.2) is 17.6 Å². The van der Waals surface area contributed by atoms with Crippen LogP contribution in [0.1, 0.15) is 23.7 Å². The molecule has 0 unspecified atom stereocenters. The lowest BCUT2D eigenvalue weighted by Crippen LogP contribution is -2.02. The Morgan fingerprint density at radius 1 is 1.50 bits per heavy atom. The van der Waals surface area contributed by atoms with Crippen molar-refractivity contribution in [3.8, 4) is 0 Å². The largest absolute Gasteiger partial charge is 0.478 e. The molecule has 4 heteroatoms. The van der Waals surface area contributed by atoms with Crippen LogP contribution in [-0.2, 0) is 0 Å². The summed E-state index contributed by atoms with van der Waals surface area (Å²) in [6.45, 7) is 2.90. The maximum Gasteiger partial charge on any atom is 0.335 e. The van der Waals surface area contributed by atoms with E-state index in [4.69, 9.17) is 5.11 Å². The standard InChI is InChI=1S/C10H12BrNO2/c1-2-3-12-9-5-7(10(13)14)4-8(11)6-9/h4-6,12H,2-3H2,1H3,(H,13,14). The molecule has 0 fully saturated rings. The number of nitrogens with one attached hydrogen (secondary N) is 1. The highest BCUT2D eigenvalue weighted by atomic mass is 79.9. The summed E-state index contributed by atoms with van der Waals surface area (Å²) in [6.07, 6.45) is 1.01. The third-order valence-electron chi connectivity index (χ3n) is 1.72. The number of carboxylic acids is 1. The number of halogens is 1. The van der Waals surface area contributed by atoms with E-state index >= 15 is 0 Å². The van der Waals surface area contributed by atoms with E-state index in [9.17, 15) is 4.79 Å². The number of rotatable bonds is 4. The van der Waals surface area contributed by atoms with E-state index in [1.807, 2.05) is 6.07 Å². The fourth-order valence-electron chi connectivity index (χ4n) is 1.08. The highest BCUT2D eigenvalue weighted by Crippen LogP contribution is 2.19. The molecule has 0 saturated carbocycles. The monoisotopic (exact) mass is 257 g/mol. The van der Waals surface area contributed by atoms with Gasteiger partial charge in [-0.2, -0.15) is 0 Å². The van der Waals surface area contributed by atoms with Gasteiger partial charge in [0.1, 0.15) is 0 Å². The van der Waals surface area contributed by atoms with Gasteiger partial charge in [-0.15, -0.1) is 0 Å². The van der Waals surface area contributed by atoms with E-state index in [1.54, 1.807) is 12.1 Å². The van der Waals surface area contributed by atoms with Gasteiger partial charge >= 0.3 is 5.97 Å². The lowest BCUT2D eigenvalue weighted by molar-refractivity contribution is 0.0697. The van der Waals surface area contributed by atoms with Crippen LogP contribution in [0.15, 0.2) is 22.7 Å². The van der Waals surface area contributed by atoms with Crippen molar-refractivity contribution < 1.29 is 9.90 Å². The molecule has 0 aromatic heterocycles. The second-order valence-electron chi connectivity index (χ2n) is 2.96. The number of aromatic carboxylic acids is 1. The molecule has 0 bridgehead atoms. The van der Waals surface area contributed by atoms with E-state index in [-0.39, 0.29) is 5.56 Å². The number of carbonyl (C=O) groups is 1. The Morgan fingerprint density at radius 2 is 2.21 bits per heavy atom. The van der Waals surface area contributed by atoms with Crippen molar-refractivity contribution in [2.24, 2.45) is 0 Å². The SMILES string of the molecule is CCCNc1cc(Br)cc(C(=O)O)c1. The molecule has 0 heterocycles. The summed E-state index contributed by atoms with van der Waals surface area (Å²) < 4.78 is 0.774. The average Bonchev–Trinajstić information content (AvgIpc) is 2.14. The third kappa shape index (κ3) is 3.03. The van der Waals surface area contributed by atoms with Crippen molar-refractivity contribution in [1.29, 1.82) is 0 Å². The Bertz CT molecular complexity index is 339. The Labute approximate surface area is 91.3 Å². The molecule has 0 aliphatic rings. The molecule has 76 valence electrons. The maximum atomic E-state index is 10.7. The first-order chi connectivity index (χ1) is 6.63. The highest BCUT2D eigenvalue weighted by molar-refractivity contribution is 9.10. The topological polar surface area (TPSA) is 49.3 Å². The van der Waals surface area contributed by atoms with Crippen molar-refractivity contribution in [2.75, 3.05) is 11.9 Å². The van der Waals surface area contributed by atoms with Gasteiger partial charge in [0.2, 0.25) is 0 Å². The van der Waals surface area contributed by atoms with Gasteiger partial charge in [0.25, 0.3) is 0 Å². The number of anilines is 1. The van der Waals surface area contributed by atoms with E-state index in [0.29, 0.717) is 0 Å². The zero-order valence-corrected chi connectivity index (χ0v) is 9.47. The lowest BCUT2D eigenvalue weighted by atomic mass is 10.2.